The van der Waals surface area contributed by atoms with Gasteiger partial charge in [0.15, 0.2) is 0 Å². The van der Waals surface area contributed by atoms with Gasteiger partial charge in [-0.05, 0) is 6.92 Å². The van der Waals surface area contributed by atoms with Gasteiger partial charge in [-0.15, -0.1) is 8.25 Å². The maximum atomic E-state index is 11.7. The smallest absolute Gasteiger partial charge is 0.330 e. The highest BCUT2D eigenvalue weighted by molar-refractivity contribution is 7.72. The van der Waals surface area contributed by atoms with E-state index in [0.717, 1.165) is 0 Å². The summed E-state index contributed by atoms with van der Waals surface area (Å²) in [5.41, 5.74) is -0.735. The van der Waals surface area contributed by atoms with Crippen LogP contribution in [-0.4, -0.2) is 41.0 Å². The Morgan fingerprint density at radius 1 is 1.70 bits per heavy atom. The third-order valence-electron chi connectivity index (χ3n) is 3.03. The molecule has 0 aromatic carbocycles. The summed E-state index contributed by atoms with van der Waals surface area (Å²) < 4.78 is 11.4. The minimum absolute atomic E-state index is 0.138. The van der Waals surface area contributed by atoms with Crippen molar-refractivity contribution >= 4 is 15.8 Å². The number of nitrogens with zero attached hydrogens (tertiary/aromatic N) is 1. The number of aromatic nitrogens is 2. The molecule has 1 aromatic rings. The van der Waals surface area contributed by atoms with E-state index in [-0.39, 0.29) is 13.0 Å². The van der Waals surface area contributed by atoms with Gasteiger partial charge in [0.05, 0.1) is 12.7 Å². The van der Waals surface area contributed by atoms with Crippen molar-refractivity contribution in [1.82, 2.24) is 9.55 Å². The second kappa shape index (κ2) is 6.20. The quantitative estimate of drug-likeness (QED) is 0.504. The third-order valence-corrected chi connectivity index (χ3v) is 3.43. The van der Waals surface area contributed by atoms with Crippen LogP contribution in [0, 0.1) is 6.92 Å². The Labute approximate surface area is 116 Å². The highest BCUT2D eigenvalue weighted by Crippen LogP contribution is 2.30. The van der Waals surface area contributed by atoms with Crippen molar-refractivity contribution in [1.29, 1.82) is 0 Å². The first-order valence-electron chi connectivity index (χ1n) is 5.89. The van der Waals surface area contributed by atoms with Gasteiger partial charge >= 0.3 is 5.69 Å². The van der Waals surface area contributed by atoms with E-state index >= 15 is 0 Å². The van der Waals surface area contributed by atoms with E-state index in [1.165, 1.54) is 10.8 Å². The van der Waals surface area contributed by atoms with Crippen LogP contribution in [-0.2, 0) is 9.26 Å². The number of ether oxygens (including phenoxy) is 1. The molecule has 2 radical (unpaired) electrons. The van der Waals surface area contributed by atoms with Gasteiger partial charge in [0.25, 0.3) is 5.56 Å². The first-order valence-corrected chi connectivity index (χ1v) is 7.13. The summed E-state index contributed by atoms with van der Waals surface area (Å²) in [7, 11) is 2.70. The van der Waals surface area contributed by atoms with Crippen LogP contribution in [0.25, 0.3) is 0 Å². The summed E-state index contributed by atoms with van der Waals surface area (Å²) in [6, 6.07) is 0. The molecule has 0 amide bonds. The Morgan fingerprint density at radius 3 is 3.05 bits per heavy atom. The fourth-order valence-corrected chi connectivity index (χ4v) is 2.28. The minimum atomic E-state index is -2.28. The van der Waals surface area contributed by atoms with Crippen LogP contribution in [0.5, 0.6) is 0 Å². The Morgan fingerprint density at radius 2 is 2.40 bits per heavy atom. The first kappa shape index (κ1) is 15.4. The summed E-state index contributed by atoms with van der Waals surface area (Å²) in [5.74, 6) is 0. The van der Waals surface area contributed by atoms with Crippen LogP contribution >= 0.6 is 8.25 Å². The molecule has 1 aliphatic heterocycles. The molecule has 1 saturated heterocycles. The summed E-state index contributed by atoms with van der Waals surface area (Å²) in [4.78, 5) is 35.8. The Kier molecular flexibility index (Phi) is 4.77. The van der Waals surface area contributed by atoms with Crippen LogP contribution in [0.4, 0.5) is 0 Å². The number of H-pyrrole nitrogens is 1. The van der Waals surface area contributed by atoms with Gasteiger partial charge in [-0.25, -0.2) is 4.79 Å². The Hall–Kier alpha value is -0.985. The summed E-state index contributed by atoms with van der Waals surface area (Å²) in [5, 5.41) is 9.82. The number of rotatable bonds is 4. The van der Waals surface area contributed by atoms with E-state index in [1.807, 2.05) is 0 Å². The molecule has 1 unspecified atom stereocenters. The third kappa shape index (κ3) is 3.36. The van der Waals surface area contributed by atoms with E-state index in [0.29, 0.717) is 5.56 Å². The van der Waals surface area contributed by atoms with Crippen molar-refractivity contribution in [2.75, 3.05) is 6.61 Å². The largest absolute Gasteiger partial charge is 0.816 e. The number of aliphatic hydroxyl groups excluding tert-OH is 1. The number of aromatic amines is 1. The fraction of sp³-hybridized carbons (Fsp3) is 0.600. The molecule has 0 spiro atoms. The van der Waals surface area contributed by atoms with Gasteiger partial charge in [-0.2, -0.15) is 0 Å². The van der Waals surface area contributed by atoms with Crippen molar-refractivity contribution in [3.8, 4) is 0 Å². The van der Waals surface area contributed by atoms with E-state index < -0.39 is 37.9 Å². The Balaban J connectivity index is 2.14. The molecule has 10 heteroatoms. The predicted octanol–water partition coefficient (Wildman–Crippen LogP) is -1.73. The van der Waals surface area contributed by atoms with E-state index in [9.17, 15) is 19.6 Å². The molecule has 1 fully saturated rings. The molecule has 8 nitrogen and oxygen atoms in total. The molecule has 2 rings (SSSR count). The Bertz CT molecular complexity index is 588. The summed E-state index contributed by atoms with van der Waals surface area (Å²) in [6.45, 7) is 1.42. The molecular formula is C10H13BN2O6P-. The first-order chi connectivity index (χ1) is 9.38. The SMILES string of the molecule is [B]P([O-])OC[C@H]1O[C@@H](n2cc(C)c(=O)[nH]c2=O)C[C@@H]1O. The molecule has 4 atom stereocenters. The van der Waals surface area contributed by atoms with E-state index in [1.54, 1.807) is 6.92 Å². The molecule has 0 aliphatic carbocycles. The second-order valence-electron chi connectivity index (χ2n) is 4.49. The van der Waals surface area contributed by atoms with Crippen LogP contribution < -0.4 is 16.1 Å². The molecular weight excluding hydrogens is 286 g/mol. The lowest BCUT2D eigenvalue weighted by Gasteiger charge is -2.22. The zero-order valence-electron chi connectivity index (χ0n) is 10.7. The van der Waals surface area contributed by atoms with Crippen molar-refractivity contribution in [2.45, 2.75) is 31.8 Å². The average molecular weight is 299 g/mol. The van der Waals surface area contributed by atoms with Gasteiger partial charge < -0.3 is 19.3 Å². The molecule has 1 aliphatic rings. The highest BCUT2D eigenvalue weighted by atomic mass is 31.2. The van der Waals surface area contributed by atoms with Gasteiger partial charge in [0, 0.05) is 18.2 Å². The monoisotopic (exact) mass is 299 g/mol. The van der Waals surface area contributed by atoms with Crippen molar-refractivity contribution < 1.29 is 19.3 Å². The lowest BCUT2D eigenvalue weighted by atomic mass is 10.2. The maximum absolute atomic E-state index is 11.7. The van der Waals surface area contributed by atoms with Crippen molar-refractivity contribution in [3.05, 3.63) is 32.6 Å². The highest BCUT2D eigenvalue weighted by Gasteiger charge is 2.35. The van der Waals surface area contributed by atoms with Crippen LogP contribution in [0.15, 0.2) is 15.8 Å². The van der Waals surface area contributed by atoms with Gasteiger partial charge in [-0.1, -0.05) is 0 Å². The lowest BCUT2D eigenvalue weighted by Crippen LogP contribution is -2.33. The van der Waals surface area contributed by atoms with E-state index in [4.69, 9.17) is 16.8 Å². The maximum Gasteiger partial charge on any atom is 0.330 e. The van der Waals surface area contributed by atoms with Crippen LogP contribution in [0.3, 0.4) is 0 Å². The van der Waals surface area contributed by atoms with Crippen molar-refractivity contribution in [2.24, 2.45) is 0 Å². The van der Waals surface area contributed by atoms with Crippen molar-refractivity contribution in [3.63, 3.8) is 0 Å². The summed E-state index contributed by atoms with van der Waals surface area (Å²) >= 11 is 0. The molecule has 2 heterocycles. The molecule has 2 N–H and O–H groups in total. The van der Waals surface area contributed by atoms with E-state index in [2.05, 4.69) is 4.98 Å². The second-order valence-corrected chi connectivity index (χ2v) is 5.32. The standard InChI is InChI=1S/C10H13BN2O6P/c1-5-3-13(10(16)12-9(5)15)8-2-6(14)7(19-8)4-18-20(11)17/h3,6-8,14H,2,4H2,1H3,(H,12,15,16)/q-1/t6-,7+,8+,20?/m0/s1. The zero-order chi connectivity index (χ0) is 14.9. The number of nitrogens with one attached hydrogen (secondary N) is 1. The van der Waals surface area contributed by atoms with Crippen LogP contribution in [0.1, 0.15) is 18.2 Å². The minimum Gasteiger partial charge on any atom is -0.816 e. The summed E-state index contributed by atoms with van der Waals surface area (Å²) in [6.07, 6.45) is -0.820. The fourth-order valence-electron chi connectivity index (χ4n) is 1.98. The normalized spacial score (nSPS) is 27.6. The molecule has 0 saturated carbocycles. The van der Waals surface area contributed by atoms with Gasteiger partial charge in [0.1, 0.15) is 19.9 Å². The van der Waals surface area contributed by atoms with Gasteiger partial charge in [-0.3, -0.25) is 14.3 Å². The zero-order valence-corrected chi connectivity index (χ0v) is 11.6. The average Bonchev–Trinajstić information content (AvgIpc) is 2.72. The number of hydrogen-bond donors (Lipinski definition) is 2. The number of aryl methyl sites for hydroxylation is 1. The van der Waals surface area contributed by atoms with Crippen LogP contribution in [0.2, 0.25) is 0 Å². The lowest BCUT2D eigenvalue weighted by molar-refractivity contribution is -0.177. The topological polar surface area (TPSA) is 117 Å². The molecule has 20 heavy (non-hydrogen) atoms. The predicted molar refractivity (Wildman–Crippen MR) is 69.2 cm³/mol. The number of aliphatic hydroxyl groups is 1. The molecule has 108 valence electrons. The van der Waals surface area contributed by atoms with Gasteiger partial charge in [0.2, 0.25) is 0 Å². The number of hydrogen-bond acceptors (Lipinski definition) is 6. The molecule has 0 bridgehead atoms. The molecule has 1 aromatic heterocycles.